The van der Waals surface area contributed by atoms with Crippen LogP contribution in [0.25, 0.3) is 11.2 Å². The molecular weight excluding hydrogens is 414 g/mol. The zero-order valence-corrected chi connectivity index (χ0v) is 16.9. The lowest BCUT2D eigenvalue weighted by Gasteiger charge is -2.18. The first-order chi connectivity index (χ1) is 12.8. The number of nitrogens with zero attached hydrogens (tertiary/aromatic N) is 4. The highest BCUT2D eigenvalue weighted by Gasteiger charge is 2.18. The maximum Gasteiger partial charge on any atom is 0.332 e. The van der Waals surface area contributed by atoms with Crippen molar-refractivity contribution in [3.63, 3.8) is 0 Å². The average molecular weight is 434 g/mol. The van der Waals surface area contributed by atoms with Gasteiger partial charge in [0.25, 0.3) is 5.56 Å². The molecule has 1 atom stereocenters. The molecule has 1 unspecified atom stereocenters. The molecule has 2 heterocycles. The molecule has 0 aliphatic rings. The number of nitrogens with one attached hydrogen (secondary N) is 1. The van der Waals surface area contributed by atoms with Crippen molar-refractivity contribution in [2.45, 2.75) is 25.9 Å². The summed E-state index contributed by atoms with van der Waals surface area (Å²) in [6, 6.07) is 7.63. The molecule has 0 spiro atoms. The van der Waals surface area contributed by atoms with Crippen LogP contribution in [0, 0.1) is 0 Å². The summed E-state index contributed by atoms with van der Waals surface area (Å²) in [5.41, 5.74) is 0.562. The average Bonchev–Trinajstić information content (AvgIpc) is 3.07. The maximum atomic E-state index is 12.6. The highest BCUT2D eigenvalue weighted by atomic mass is 79.9. The van der Waals surface area contributed by atoms with E-state index in [0.717, 1.165) is 21.0 Å². The first-order valence-corrected chi connectivity index (χ1v) is 9.28. The third-order valence-electron chi connectivity index (χ3n) is 4.55. The molecule has 0 radical (unpaired) electrons. The summed E-state index contributed by atoms with van der Waals surface area (Å²) in [6.07, 6.45) is 2.14. The second kappa shape index (κ2) is 7.51. The molecule has 0 fully saturated rings. The summed E-state index contributed by atoms with van der Waals surface area (Å²) in [7, 11) is 2.95. The minimum Gasteiger partial charge on any atom is -0.348 e. The number of benzene rings is 1. The standard InChI is InChI=1S/C18H20BrN5O3/c1-4-13(11-5-7-12(19)8-6-11)21-14(25)9-24-10-20-16-15(24)17(26)23(3)18(27)22(16)2/h5-8,10,13H,4,9H2,1-3H3,(H,21,25). The van der Waals surface area contributed by atoms with E-state index >= 15 is 0 Å². The van der Waals surface area contributed by atoms with E-state index in [1.54, 1.807) is 7.05 Å². The monoisotopic (exact) mass is 433 g/mol. The minimum absolute atomic E-state index is 0.0586. The normalized spacial score (nSPS) is 12.3. The Kier molecular flexibility index (Phi) is 5.31. The van der Waals surface area contributed by atoms with Gasteiger partial charge in [-0.2, -0.15) is 0 Å². The number of aryl methyl sites for hydroxylation is 1. The van der Waals surface area contributed by atoms with Crippen molar-refractivity contribution in [2.24, 2.45) is 14.1 Å². The van der Waals surface area contributed by atoms with E-state index in [1.165, 1.54) is 22.5 Å². The molecule has 3 aromatic rings. The molecule has 8 nitrogen and oxygen atoms in total. The van der Waals surface area contributed by atoms with Gasteiger partial charge in [-0.1, -0.05) is 35.0 Å². The molecule has 27 heavy (non-hydrogen) atoms. The van der Waals surface area contributed by atoms with Crippen LogP contribution >= 0.6 is 15.9 Å². The third-order valence-corrected chi connectivity index (χ3v) is 5.08. The van der Waals surface area contributed by atoms with Crippen molar-refractivity contribution in [1.82, 2.24) is 24.0 Å². The molecule has 2 aromatic heterocycles. The van der Waals surface area contributed by atoms with Crippen LogP contribution in [0.5, 0.6) is 0 Å². The van der Waals surface area contributed by atoms with Gasteiger partial charge in [0, 0.05) is 18.6 Å². The van der Waals surface area contributed by atoms with Gasteiger partial charge in [0.2, 0.25) is 5.91 Å². The van der Waals surface area contributed by atoms with Crippen molar-refractivity contribution in [1.29, 1.82) is 0 Å². The molecule has 1 amide bonds. The largest absolute Gasteiger partial charge is 0.348 e. The molecule has 0 saturated carbocycles. The van der Waals surface area contributed by atoms with E-state index in [-0.39, 0.29) is 29.7 Å². The smallest absolute Gasteiger partial charge is 0.332 e. The Hall–Kier alpha value is -2.68. The van der Waals surface area contributed by atoms with Crippen molar-refractivity contribution in [3.8, 4) is 0 Å². The zero-order valence-electron chi connectivity index (χ0n) is 15.3. The number of rotatable bonds is 5. The highest BCUT2D eigenvalue weighted by molar-refractivity contribution is 9.10. The van der Waals surface area contributed by atoms with Gasteiger partial charge in [0.05, 0.1) is 12.4 Å². The summed E-state index contributed by atoms with van der Waals surface area (Å²) in [4.78, 5) is 41.1. The van der Waals surface area contributed by atoms with Gasteiger partial charge >= 0.3 is 5.69 Å². The Balaban J connectivity index is 1.87. The van der Waals surface area contributed by atoms with E-state index in [9.17, 15) is 14.4 Å². The van der Waals surface area contributed by atoms with Gasteiger partial charge in [-0.15, -0.1) is 0 Å². The molecule has 0 bridgehead atoms. The number of carbonyl (C=O) groups is 1. The Labute approximate surface area is 163 Å². The molecule has 1 N–H and O–H groups in total. The second-order valence-electron chi connectivity index (χ2n) is 6.33. The number of halogens is 1. The van der Waals surface area contributed by atoms with Gasteiger partial charge in [0.15, 0.2) is 11.2 Å². The fourth-order valence-electron chi connectivity index (χ4n) is 3.03. The summed E-state index contributed by atoms with van der Waals surface area (Å²) in [5.74, 6) is -0.236. The molecule has 1 aromatic carbocycles. The third kappa shape index (κ3) is 3.59. The topological polar surface area (TPSA) is 90.9 Å². The van der Waals surface area contributed by atoms with Gasteiger partial charge in [-0.3, -0.25) is 18.7 Å². The summed E-state index contributed by atoms with van der Waals surface area (Å²) in [6.45, 7) is 1.93. The molecule has 142 valence electrons. The molecule has 0 aliphatic heterocycles. The van der Waals surface area contributed by atoms with Crippen LogP contribution in [0.15, 0.2) is 44.7 Å². The molecule has 0 aliphatic carbocycles. The second-order valence-corrected chi connectivity index (χ2v) is 7.25. The van der Waals surface area contributed by atoms with E-state index in [0.29, 0.717) is 0 Å². The SMILES string of the molecule is CCC(NC(=O)Cn1cnc2c1c(=O)n(C)c(=O)n2C)c1ccc(Br)cc1. The number of aromatic nitrogens is 4. The summed E-state index contributed by atoms with van der Waals surface area (Å²) in [5, 5.41) is 2.99. The number of fused-ring (bicyclic) bond motifs is 1. The summed E-state index contributed by atoms with van der Waals surface area (Å²) >= 11 is 3.40. The fourth-order valence-corrected chi connectivity index (χ4v) is 3.29. The number of hydrogen-bond acceptors (Lipinski definition) is 4. The van der Waals surface area contributed by atoms with Gasteiger partial charge in [0.1, 0.15) is 6.54 Å². The number of amides is 1. The van der Waals surface area contributed by atoms with E-state index in [1.807, 2.05) is 31.2 Å². The lowest BCUT2D eigenvalue weighted by atomic mass is 10.0. The van der Waals surface area contributed by atoms with Crippen LogP contribution in [-0.2, 0) is 25.4 Å². The highest BCUT2D eigenvalue weighted by Crippen LogP contribution is 2.19. The van der Waals surface area contributed by atoms with Crippen molar-refractivity contribution in [2.75, 3.05) is 0 Å². The van der Waals surface area contributed by atoms with Crippen molar-refractivity contribution >= 4 is 33.0 Å². The van der Waals surface area contributed by atoms with E-state index in [2.05, 4.69) is 26.2 Å². The zero-order chi connectivity index (χ0) is 19.7. The molecule has 0 saturated heterocycles. The fraction of sp³-hybridized carbons (Fsp3) is 0.333. The number of imidazole rings is 1. The van der Waals surface area contributed by atoms with Crippen LogP contribution < -0.4 is 16.6 Å². The lowest BCUT2D eigenvalue weighted by Crippen LogP contribution is -2.38. The molecule has 9 heteroatoms. The van der Waals surface area contributed by atoms with Crippen LogP contribution in [0.3, 0.4) is 0 Å². The van der Waals surface area contributed by atoms with Gasteiger partial charge in [-0.25, -0.2) is 9.78 Å². The van der Waals surface area contributed by atoms with Crippen LogP contribution in [0.2, 0.25) is 0 Å². The first kappa shape index (κ1) is 19.1. The summed E-state index contributed by atoms with van der Waals surface area (Å²) < 4.78 is 4.75. The van der Waals surface area contributed by atoms with Crippen LogP contribution in [0.1, 0.15) is 24.9 Å². The minimum atomic E-state index is -0.474. The Morgan fingerprint density at radius 1 is 1.19 bits per heavy atom. The quantitative estimate of drug-likeness (QED) is 0.659. The lowest BCUT2D eigenvalue weighted by molar-refractivity contribution is -0.122. The van der Waals surface area contributed by atoms with E-state index in [4.69, 9.17) is 0 Å². The first-order valence-electron chi connectivity index (χ1n) is 8.49. The molecule has 3 rings (SSSR count). The van der Waals surface area contributed by atoms with Gasteiger partial charge < -0.3 is 9.88 Å². The Bertz CT molecular complexity index is 1110. The number of hydrogen-bond donors (Lipinski definition) is 1. The van der Waals surface area contributed by atoms with E-state index < -0.39 is 11.2 Å². The van der Waals surface area contributed by atoms with Crippen LogP contribution in [0.4, 0.5) is 0 Å². The maximum absolute atomic E-state index is 12.6. The Morgan fingerprint density at radius 3 is 2.48 bits per heavy atom. The Morgan fingerprint density at radius 2 is 1.85 bits per heavy atom. The van der Waals surface area contributed by atoms with Crippen molar-refractivity contribution in [3.05, 3.63) is 61.5 Å². The van der Waals surface area contributed by atoms with Crippen LogP contribution in [-0.4, -0.2) is 24.6 Å². The molecular formula is C18H20BrN5O3. The van der Waals surface area contributed by atoms with Crippen molar-refractivity contribution < 1.29 is 4.79 Å². The number of carbonyl (C=O) groups excluding carboxylic acids is 1. The predicted octanol–water partition coefficient (Wildman–Crippen LogP) is 1.46. The predicted molar refractivity (Wildman–Crippen MR) is 106 cm³/mol. The van der Waals surface area contributed by atoms with Gasteiger partial charge in [-0.05, 0) is 24.1 Å².